The first-order valence-electron chi connectivity index (χ1n) is 8.66. The van der Waals surface area contributed by atoms with E-state index in [4.69, 9.17) is 0 Å². The number of aromatic nitrogens is 2. The molecule has 27 heavy (non-hydrogen) atoms. The van der Waals surface area contributed by atoms with Gasteiger partial charge >= 0.3 is 0 Å². The van der Waals surface area contributed by atoms with E-state index in [0.717, 1.165) is 16.8 Å². The molecule has 7 heteroatoms. The summed E-state index contributed by atoms with van der Waals surface area (Å²) in [6.07, 6.45) is 3.44. The number of sulfonamides is 1. The van der Waals surface area contributed by atoms with Gasteiger partial charge in [-0.3, -0.25) is 9.71 Å². The molecule has 0 spiro atoms. The van der Waals surface area contributed by atoms with Gasteiger partial charge < -0.3 is 5.32 Å². The predicted molar refractivity (Wildman–Crippen MR) is 109 cm³/mol. The molecule has 0 atom stereocenters. The lowest BCUT2D eigenvalue weighted by atomic mass is 10.2. The van der Waals surface area contributed by atoms with Crippen molar-refractivity contribution < 1.29 is 8.42 Å². The molecule has 0 bridgehead atoms. The minimum absolute atomic E-state index is 0.476. The van der Waals surface area contributed by atoms with Crippen LogP contribution in [0.2, 0.25) is 0 Å². The van der Waals surface area contributed by atoms with Crippen molar-refractivity contribution in [2.45, 2.75) is 25.6 Å². The zero-order valence-corrected chi connectivity index (χ0v) is 16.1. The predicted octanol–water partition coefficient (Wildman–Crippen LogP) is 3.91. The maximum atomic E-state index is 11.9. The summed E-state index contributed by atoms with van der Waals surface area (Å²) in [6, 6.07) is 17.1. The van der Waals surface area contributed by atoms with E-state index in [1.165, 1.54) is 0 Å². The Labute approximate surface area is 159 Å². The number of nitrogens with zero attached hydrogens (tertiary/aromatic N) is 2. The van der Waals surface area contributed by atoms with Gasteiger partial charge in [-0.15, -0.1) is 0 Å². The fourth-order valence-electron chi connectivity index (χ4n) is 2.34. The molecule has 0 unspecified atom stereocenters. The Morgan fingerprint density at radius 1 is 0.926 bits per heavy atom. The van der Waals surface area contributed by atoms with Crippen LogP contribution in [0, 0.1) is 0 Å². The van der Waals surface area contributed by atoms with Crippen LogP contribution in [0.3, 0.4) is 0 Å². The van der Waals surface area contributed by atoms with E-state index < -0.39 is 15.3 Å². The van der Waals surface area contributed by atoms with Gasteiger partial charge in [-0.25, -0.2) is 13.4 Å². The van der Waals surface area contributed by atoms with E-state index in [2.05, 4.69) is 20.0 Å². The summed E-state index contributed by atoms with van der Waals surface area (Å²) in [5.74, 6) is 0.680. The average molecular weight is 382 g/mol. The van der Waals surface area contributed by atoms with Gasteiger partial charge in [0.1, 0.15) is 5.82 Å². The number of rotatable bonds is 7. The Hall–Kier alpha value is -2.93. The first-order valence-corrected chi connectivity index (χ1v) is 10.2. The molecule has 0 fully saturated rings. The average Bonchev–Trinajstić information content (AvgIpc) is 2.68. The number of nitrogens with one attached hydrogen (secondary N) is 2. The smallest absolute Gasteiger partial charge is 0.235 e. The second kappa shape index (κ2) is 8.18. The SMILES string of the molecule is CC(C)S(=O)(=O)Nc1ccc(CNc2cnc(-c3ccccc3)cn2)cc1. The summed E-state index contributed by atoms with van der Waals surface area (Å²) in [6.45, 7) is 3.85. The molecule has 2 N–H and O–H groups in total. The van der Waals surface area contributed by atoms with Crippen LogP contribution in [0.5, 0.6) is 0 Å². The van der Waals surface area contributed by atoms with Gasteiger partial charge in [-0.05, 0) is 31.5 Å². The molecule has 1 aromatic heterocycles. The zero-order chi connectivity index (χ0) is 19.3. The molecule has 3 aromatic rings. The molecule has 0 radical (unpaired) electrons. The third-order valence-corrected chi connectivity index (χ3v) is 5.79. The first kappa shape index (κ1) is 18.8. The number of hydrogen-bond donors (Lipinski definition) is 2. The van der Waals surface area contributed by atoms with Crippen LogP contribution in [0.4, 0.5) is 11.5 Å². The van der Waals surface area contributed by atoms with Crippen LogP contribution in [-0.2, 0) is 16.6 Å². The fraction of sp³-hybridized carbons (Fsp3) is 0.200. The molecule has 0 saturated heterocycles. The Bertz CT molecular complexity index is 971. The second-order valence-corrected chi connectivity index (χ2v) is 8.64. The first-order chi connectivity index (χ1) is 12.9. The van der Waals surface area contributed by atoms with Crippen LogP contribution in [0.25, 0.3) is 11.3 Å². The molecule has 0 amide bonds. The van der Waals surface area contributed by atoms with Crippen molar-refractivity contribution in [3.63, 3.8) is 0 Å². The monoisotopic (exact) mass is 382 g/mol. The molecule has 0 aliphatic heterocycles. The molecule has 1 heterocycles. The minimum atomic E-state index is -3.33. The molecule has 0 aliphatic carbocycles. The number of hydrogen-bond acceptors (Lipinski definition) is 5. The maximum absolute atomic E-state index is 11.9. The van der Waals surface area contributed by atoms with E-state index >= 15 is 0 Å². The van der Waals surface area contributed by atoms with Crippen molar-refractivity contribution in [2.75, 3.05) is 10.0 Å². The molecule has 140 valence electrons. The van der Waals surface area contributed by atoms with Gasteiger partial charge in [0.15, 0.2) is 0 Å². The van der Waals surface area contributed by atoms with E-state index in [9.17, 15) is 8.42 Å². The van der Waals surface area contributed by atoms with Crippen LogP contribution in [0.1, 0.15) is 19.4 Å². The quantitative estimate of drug-likeness (QED) is 0.647. The van der Waals surface area contributed by atoms with E-state index in [-0.39, 0.29) is 0 Å². The lowest BCUT2D eigenvalue weighted by Gasteiger charge is -2.11. The summed E-state index contributed by atoms with van der Waals surface area (Å²) in [7, 11) is -3.33. The Kier molecular flexibility index (Phi) is 5.71. The lowest BCUT2D eigenvalue weighted by Crippen LogP contribution is -2.22. The van der Waals surface area contributed by atoms with Crippen molar-refractivity contribution in [3.05, 3.63) is 72.6 Å². The highest BCUT2D eigenvalue weighted by Gasteiger charge is 2.15. The topological polar surface area (TPSA) is 84.0 Å². The van der Waals surface area contributed by atoms with Crippen molar-refractivity contribution in [3.8, 4) is 11.3 Å². The molecule has 0 aliphatic rings. The standard InChI is InChI=1S/C20H22N4O2S/c1-15(2)27(25,26)24-18-10-8-16(9-11-18)12-22-20-14-21-19(13-23-20)17-6-4-3-5-7-17/h3-11,13-15,24H,12H2,1-2H3,(H,22,23). The van der Waals surface area contributed by atoms with Gasteiger partial charge in [0, 0.05) is 17.8 Å². The molecule has 2 aromatic carbocycles. The third-order valence-electron chi connectivity index (χ3n) is 4.03. The van der Waals surface area contributed by atoms with Crippen LogP contribution < -0.4 is 10.0 Å². The molecular weight excluding hydrogens is 360 g/mol. The Balaban J connectivity index is 1.59. The summed E-state index contributed by atoms with van der Waals surface area (Å²) in [4.78, 5) is 8.82. The van der Waals surface area contributed by atoms with E-state index in [1.54, 1.807) is 38.4 Å². The Morgan fingerprint density at radius 2 is 1.63 bits per heavy atom. The molecule has 6 nitrogen and oxygen atoms in total. The third kappa shape index (κ3) is 5.04. The van der Waals surface area contributed by atoms with Crippen LogP contribution in [0.15, 0.2) is 67.0 Å². The summed E-state index contributed by atoms with van der Waals surface area (Å²) < 4.78 is 26.3. The molecular formula is C20H22N4O2S. The largest absolute Gasteiger partial charge is 0.365 e. The minimum Gasteiger partial charge on any atom is -0.365 e. The van der Waals surface area contributed by atoms with Gasteiger partial charge in [0.05, 0.1) is 23.3 Å². The van der Waals surface area contributed by atoms with Gasteiger partial charge in [0.25, 0.3) is 0 Å². The fourth-order valence-corrected chi connectivity index (χ4v) is 3.04. The van der Waals surface area contributed by atoms with Gasteiger partial charge in [0.2, 0.25) is 10.0 Å². The maximum Gasteiger partial charge on any atom is 0.235 e. The lowest BCUT2D eigenvalue weighted by molar-refractivity contribution is 0.593. The zero-order valence-electron chi connectivity index (χ0n) is 15.3. The highest BCUT2D eigenvalue weighted by Crippen LogP contribution is 2.17. The van der Waals surface area contributed by atoms with Crippen LogP contribution >= 0.6 is 0 Å². The summed E-state index contributed by atoms with van der Waals surface area (Å²) >= 11 is 0. The molecule has 3 rings (SSSR count). The highest BCUT2D eigenvalue weighted by atomic mass is 32.2. The van der Waals surface area contributed by atoms with Crippen molar-refractivity contribution in [1.82, 2.24) is 9.97 Å². The summed E-state index contributed by atoms with van der Waals surface area (Å²) in [5.41, 5.74) is 3.41. The Morgan fingerprint density at radius 3 is 2.22 bits per heavy atom. The van der Waals surface area contributed by atoms with Crippen molar-refractivity contribution in [2.24, 2.45) is 0 Å². The summed E-state index contributed by atoms with van der Waals surface area (Å²) in [5, 5.41) is 2.74. The van der Waals surface area contributed by atoms with Crippen LogP contribution in [-0.4, -0.2) is 23.6 Å². The van der Waals surface area contributed by atoms with E-state index in [0.29, 0.717) is 18.1 Å². The van der Waals surface area contributed by atoms with Gasteiger partial charge in [-0.1, -0.05) is 42.5 Å². The highest BCUT2D eigenvalue weighted by molar-refractivity contribution is 7.93. The van der Waals surface area contributed by atoms with Crippen molar-refractivity contribution in [1.29, 1.82) is 0 Å². The van der Waals surface area contributed by atoms with Gasteiger partial charge in [-0.2, -0.15) is 0 Å². The van der Waals surface area contributed by atoms with E-state index in [1.807, 2.05) is 42.5 Å². The number of benzene rings is 2. The number of anilines is 2. The normalized spacial score (nSPS) is 11.4. The second-order valence-electron chi connectivity index (χ2n) is 6.40. The van der Waals surface area contributed by atoms with Crippen molar-refractivity contribution >= 4 is 21.5 Å². The molecule has 0 saturated carbocycles.